The third-order valence-electron chi connectivity index (χ3n) is 5.56. The molecule has 3 aromatic carbocycles. The number of amidine groups is 1. The molecular formula is C27H21ClN4OS. The average Bonchev–Trinajstić information content (AvgIpc) is 3.40. The fourth-order valence-electron chi connectivity index (χ4n) is 3.62. The van der Waals surface area contributed by atoms with E-state index >= 15 is 0 Å². The lowest BCUT2D eigenvalue weighted by Crippen LogP contribution is -2.18. The third-order valence-corrected chi connectivity index (χ3v) is 6.63. The van der Waals surface area contributed by atoms with Crippen molar-refractivity contribution in [2.24, 2.45) is 4.99 Å². The molecule has 0 radical (unpaired) electrons. The Bertz CT molecular complexity index is 1440. The van der Waals surface area contributed by atoms with Crippen molar-refractivity contribution in [1.82, 2.24) is 15.1 Å². The van der Waals surface area contributed by atoms with Crippen molar-refractivity contribution < 1.29 is 4.79 Å². The number of halogens is 1. The van der Waals surface area contributed by atoms with E-state index in [2.05, 4.69) is 12.2 Å². The summed E-state index contributed by atoms with van der Waals surface area (Å²) in [5.41, 5.74) is 6.69. The van der Waals surface area contributed by atoms with E-state index in [9.17, 15) is 4.79 Å². The zero-order valence-corrected chi connectivity index (χ0v) is 20.2. The number of carbonyl (C=O) groups is 1. The Morgan fingerprint density at radius 1 is 1.00 bits per heavy atom. The SMILES string of the molecule is Cc1ccc(N=C2NC(=O)SC2=Cc2cn(-c3ccccc3)nc2-c2ccc(Cl)cc2)cc1C. The summed E-state index contributed by atoms with van der Waals surface area (Å²) in [7, 11) is 0. The molecular weight excluding hydrogens is 464 g/mol. The zero-order chi connectivity index (χ0) is 23.7. The van der Waals surface area contributed by atoms with Crippen LogP contribution < -0.4 is 5.32 Å². The van der Waals surface area contributed by atoms with Gasteiger partial charge in [0.25, 0.3) is 5.24 Å². The van der Waals surface area contributed by atoms with Crippen molar-refractivity contribution in [3.8, 4) is 16.9 Å². The average molecular weight is 485 g/mol. The van der Waals surface area contributed by atoms with E-state index in [1.54, 1.807) is 0 Å². The highest BCUT2D eigenvalue weighted by atomic mass is 35.5. The largest absolute Gasteiger partial charge is 0.300 e. The molecule has 1 amide bonds. The Morgan fingerprint density at radius 2 is 1.76 bits per heavy atom. The van der Waals surface area contributed by atoms with E-state index in [1.807, 2.05) is 96.7 Å². The lowest BCUT2D eigenvalue weighted by Gasteiger charge is -2.03. The fraction of sp³-hybridized carbons (Fsp3) is 0.0741. The monoisotopic (exact) mass is 484 g/mol. The minimum absolute atomic E-state index is 0.155. The Hall–Kier alpha value is -3.61. The van der Waals surface area contributed by atoms with Gasteiger partial charge in [-0.1, -0.05) is 48.0 Å². The Balaban J connectivity index is 1.61. The number of rotatable bonds is 4. The van der Waals surface area contributed by atoms with Crippen LogP contribution in [0.1, 0.15) is 16.7 Å². The van der Waals surface area contributed by atoms with Gasteiger partial charge < -0.3 is 5.32 Å². The van der Waals surface area contributed by atoms with Gasteiger partial charge in [-0.15, -0.1) is 0 Å². The number of amides is 1. The van der Waals surface area contributed by atoms with Crippen LogP contribution in [0.25, 0.3) is 23.0 Å². The molecule has 2 heterocycles. The molecule has 1 aromatic heterocycles. The molecule has 0 saturated carbocycles. The summed E-state index contributed by atoms with van der Waals surface area (Å²) in [6.07, 6.45) is 3.92. The molecule has 5 nitrogen and oxygen atoms in total. The molecule has 4 aromatic rings. The first-order valence-corrected chi connectivity index (χ1v) is 11.9. The first-order chi connectivity index (χ1) is 16.5. The molecule has 34 heavy (non-hydrogen) atoms. The van der Waals surface area contributed by atoms with Crippen molar-refractivity contribution in [3.05, 3.63) is 106 Å². The number of thioether (sulfide) groups is 1. The Morgan fingerprint density at radius 3 is 2.50 bits per heavy atom. The van der Waals surface area contributed by atoms with Crippen molar-refractivity contribution in [3.63, 3.8) is 0 Å². The summed E-state index contributed by atoms with van der Waals surface area (Å²) in [4.78, 5) is 17.7. The standard InChI is InChI=1S/C27H21ClN4OS/c1-17-8-13-22(14-18(17)2)29-26-24(34-27(33)30-26)15-20-16-32(23-6-4-3-5-7-23)31-25(20)19-9-11-21(28)12-10-19/h3-16H,1-2H3,(H,29,30,33). The van der Waals surface area contributed by atoms with E-state index in [0.717, 1.165) is 50.4 Å². The number of aliphatic imine (C=N–C) groups is 1. The maximum absolute atomic E-state index is 12.3. The van der Waals surface area contributed by atoms with Gasteiger partial charge in [-0.3, -0.25) is 4.79 Å². The number of aromatic nitrogens is 2. The molecule has 1 fully saturated rings. The van der Waals surface area contributed by atoms with Crippen LogP contribution in [-0.2, 0) is 0 Å². The van der Waals surface area contributed by atoms with Crippen LogP contribution in [0.4, 0.5) is 10.5 Å². The topological polar surface area (TPSA) is 59.3 Å². The van der Waals surface area contributed by atoms with E-state index in [4.69, 9.17) is 21.7 Å². The summed E-state index contributed by atoms with van der Waals surface area (Å²) >= 11 is 7.24. The second-order valence-electron chi connectivity index (χ2n) is 7.97. The Kier molecular flexibility index (Phi) is 6.09. The highest BCUT2D eigenvalue weighted by molar-refractivity contribution is 8.18. The quantitative estimate of drug-likeness (QED) is 0.329. The Labute approximate surface area is 207 Å². The smallest absolute Gasteiger partial charge is 0.289 e. The van der Waals surface area contributed by atoms with Crippen LogP contribution in [0.5, 0.6) is 0 Å². The zero-order valence-electron chi connectivity index (χ0n) is 18.6. The number of para-hydroxylation sites is 1. The predicted molar refractivity (Wildman–Crippen MR) is 141 cm³/mol. The molecule has 0 aliphatic carbocycles. The second kappa shape index (κ2) is 9.33. The third kappa shape index (κ3) is 4.69. The summed E-state index contributed by atoms with van der Waals surface area (Å²) in [5, 5.41) is 8.23. The number of carbonyl (C=O) groups excluding carboxylic acids is 1. The van der Waals surface area contributed by atoms with Gasteiger partial charge in [0, 0.05) is 22.3 Å². The summed E-state index contributed by atoms with van der Waals surface area (Å²) < 4.78 is 1.84. The van der Waals surface area contributed by atoms with Crippen molar-refractivity contribution in [2.75, 3.05) is 0 Å². The summed E-state index contributed by atoms with van der Waals surface area (Å²) in [6, 6.07) is 23.5. The highest BCUT2D eigenvalue weighted by Gasteiger charge is 2.25. The lowest BCUT2D eigenvalue weighted by atomic mass is 10.1. The van der Waals surface area contributed by atoms with E-state index in [1.165, 1.54) is 5.56 Å². The molecule has 0 unspecified atom stereocenters. The van der Waals surface area contributed by atoms with Gasteiger partial charge in [0.1, 0.15) is 5.84 Å². The first-order valence-electron chi connectivity index (χ1n) is 10.7. The second-order valence-corrected chi connectivity index (χ2v) is 9.42. The van der Waals surface area contributed by atoms with Gasteiger partial charge >= 0.3 is 0 Å². The lowest BCUT2D eigenvalue weighted by molar-refractivity contribution is 0.265. The normalized spacial score (nSPS) is 15.8. The van der Waals surface area contributed by atoms with Crippen molar-refractivity contribution in [2.45, 2.75) is 13.8 Å². The minimum atomic E-state index is -0.155. The van der Waals surface area contributed by atoms with Crippen LogP contribution in [0.2, 0.25) is 5.02 Å². The van der Waals surface area contributed by atoms with Crippen molar-refractivity contribution in [1.29, 1.82) is 0 Å². The maximum Gasteiger partial charge on any atom is 0.289 e. The van der Waals surface area contributed by atoms with Crippen LogP contribution in [0.15, 0.2) is 88.9 Å². The van der Waals surface area contributed by atoms with Crippen LogP contribution in [0.3, 0.4) is 0 Å². The van der Waals surface area contributed by atoms with Crippen LogP contribution >= 0.6 is 23.4 Å². The number of aryl methyl sites for hydroxylation is 2. The molecule has 168 valence electrons. The van der Waals surface area contributed by atoms with E-state index < -0.39 is 0 Å². The van der Waals surface area contributed by atoms with Gasteiger partial charge in [0.05, 0.1) is 22.0 Å². The molecule has 0 spiro atoms. The van der Waals surface area contributed by atoms with Crippen LogP contribution in [-0.4, -0.2) is 20.9 Å². The number of benzene rings is 3. The van der Waals surface area contributed by atoms with E-state index in [0.29, 0.717) is 10.9 Å². The first kappa shape index (κ1) is 22.2. The molecule has 1 aliphatic heterocycles. The molecule has 0 atom stereocenters. The number of nitrogens with zero attached hydrogens (tertiary/aromatic N) is 3. The molecule has 5 rings (SSSR count). The van der Waals surface area contributed by atoms with Gasteiger partial charge in [-0.2, -0.15) is 5.10 Å². The molecule has 7 heteroatoms. The molecule has 0 bridgehead atoms. The number of hydrogen-bond donors (Lipinski definition) is 1. The van der Waals surface area contributed by atoms with Gasteiger partial charge in [0.2, 0.25) is 0 Å². The molecule has 1 aliphatic rings. The predicted octanol–water partition coefficient (Wildman–Crippen LogP) is 7.34. The van der Waals surface area contributed by atoms with Gasteiger partial charge in [0.15, 0.2) is 0 Å². The van der Waals surface area contributed by atoms with Gasteiger partial charge in [-0.05, 0) is 79.2 Å². The molecule has 1 N–H and O–H groups in total. The van der Waals surface area contributed by atoms with Crippen molar-refractivity contribution >= 4 is 46.2 Å². The molecule has 1 saturated heterocycles. The highest BCUT2D eigenvalue weighted by Crippen LogP contribution is 2.33. The fourth-order valence-corrected chi connectivity index (χ4v) is 4.47. The number of nitrogens with one attached hydrogen (secondary N) is 1. The minimum Gasteiger partial charge on any atom is -0.300 e. The van der Waals surface area contributed by atoms with Gasteiger partial charge in [-0.25, -0.2) is 9.67 Å². The maximum atomic E-state index is 12.3. The summed E-state index contributed by atoms with van der Waals surface area (Å²) in [6.45, 7) is 4.11. The number of hydrogen-bond acceptors (Lipinski definition) is 4. The van der Waals surface area contributed by atoms with E-state index in [-0.39, 0.29) is 5.24 Å². The summed E-state index contributed by atoms with van der Waals surface area (Å²) in [5.74, 6) is 0.535. The van der Waals surface area contributed by atoms with Crippen LogP contribution in [0, 0.1) is 13.8 Å².